The van der Waals surface area contributed by atoms with Gasteiger partial charge in [0, 0.05) is 17.8 Å². The molecule has 0 aliphatic carbocycles. The number of rotatable bonds is 8. The second-order valence-corrected chi connectivity index (χ2v) is 5.54. The van der Waals surface area contributed by atoms with Gasteiger partial charge in [0.1, 0.15) is 0 Å². The van der Waals surface area contributed by atoms with Gasteiger partial charge in [0.2, 0.25) is 0 Å². The van der Waals surface area contributed by atoms with Gasteiger partial charge in [0.05, 0.1) is 11.4 Å². The van der Waals surface area contributed by atoms with Crippen LogP contribution in [0.15, 0.2) is 30.3 Å². The standard InChI is InChI=1S/C18H27N3/c1-4-6-13-19-14-17-15(3)20-21(18(17)10-5-2)16-11-8-7-9-12-16/h7-9,11-12,19H,4-6,10,13-14H2,1-3H3. The third-order valence-electron chi connectivity index (χ3n) is 3.79. The highest BCUT2D eigenvalue weighted by molar-refractivity contribution is 5.37. The lowest BCUT2D eigenvalue weighted by Crippen LogP contribution is -2.16. The molecular formula is C18H27N3. The Morgan fingerprint density at radius 3 is 2.52 bits per heavy atom. The first-order valence-corrected chi connectivity index (χ1v) is 8.11. The maximum Gasteiger partial charge on any atom is 0.0649 e. The van der Waals surface area contributed by atoms with Crippen molar-refractivity contribution in [2.45, 2.75) is 53.0 Å². The number of hydrogen-bond donors (Lipinski definition) is 1. The van der Waals surface area contributed by atoms with Crippen LogP contribution in [0.25, 0.3) is 5.69 Å². The normalized spacial score (nSPS) is 11.0. The minimum absolute atomic E-state index is 0.925. The van der Waals surface area contributed by atoms with E-state index < -0.39 is 0 Å². The summed E-state index contributed by atoms with van der Waals surface area (Å²) in [7, 11) is 0. The van der Waals surface area contributed by atoms with Gasteiger partial charge in [0.25, 0.3) is 0 Å². The van der Waals surface area contributed by atoms with E-state index in [1.807, 2.05) is 6.07 Å². The maximum absolute atomic E-state index is 4.78. The van der Waals surface area contributed by atoms with Crippen LogP contribution in [0.5, 0.6) is 0 Å². The molecule has 0 saturated heterocycles. The van der Waals surface area contributed by atoms with Crippen LogP contribution in [0.3, 0.4) is 0 Å². The summed E-state index contributed by atoms with van der Waals surface area (Å²) in [5, 5.41) is 8.33. The molecule has 0 amide bonds. The van der Waals surface area contributed by atoms with E-state index in [-0.39, 0.29) is 0 Å². The molecule has 1 N–H and O–H groups in total. The van der Waals surface area contributed by atoms with Crippen LogP contribution in [0, 0.1) is 6.92 Å². The molecule has 21 heavy (non-hydrogen) atoms. The summed E-state index contributed by atoms with van der Waals surface area (Å²) in [6.07, 6.45) is 4.67. The molecule has 1 heterocycles. The molecule has 0 bridgehead atoms. The highest BCUT2D eigenvalue weighted by Crippen LogP contribution is 2.20. The van der Waals surface area contributed by atoms with Crippen LogP contribution in [0.1, 0.15) is 50.1 Å². The fourth-order valence-electron chi connectivity index (χ4n) is 2.63. The van der Waals surface area contributed by atoms with E-state index in [4.69, 9.17) is 5.10 Å². The quantitative estimate of drug-likeness (QED) is 0.742. The predicted octanol–water partition coefficient (Wildman–Crippen LogP) is 4.02. The minimum atomic E-state index is 0.925. The molecule has 0 aliphatic heterocycles. The zero-order valence-corrected chi connectivity index (χ0v) is 13.5. The fraction of sp³-hybridized carbons (Fsp3) is 0.500. The van der Waals surface area contributed by atoms with Gasteiger partial charge >= 0.3 is 0 Å². The number of aromatic nitrogens is 2. The van der Waals surface area contributed by atoms with Crippen molar-refractivity contribution in [2.24, 2.45) is 0 Å². The lowest BCUT2D eigenvalue weighted by Gasteiger charge is -2.10. The second kappa shape index (κ2) is 7.99. The van der Waals surface area contributed by atoms with Crippen molar-refractivity contribution < 1.29 is 0 Å². The van der Waals surface area contributed by atoms with Crippen molar-refractivity contribution in [1.29, 1.82) is 0 Å². The average molecular weight is 285 g/mol. The lowest BCUT2D eigenvalue weighted by molar-refractivity contribution is 0.635. The SMILES string of the molecule is CCCCNCc1c(C)nn(-c2ccccc2)c1CCC. The molecule has 2 aromatic rings. The summed E-state index contributed by atoms with van der Waals surface area (Å²) in [5.74, 6) is 0. The molecule has 0 unspecified atom stereocenters. The van der Waals surface area contributed by atoms with Crippen molar-refractivity contribution in [3.8, 4) is 5.69 Å². The molecule has 2 rings (SSSR count). The summed E-state index contributed by atoms with van der Waals surface area (Å²) in [4.78, 5) is 0. The van der Waals surface area contributed by atoms with Crippen molar-refractivity contribution in [1.82, 2.24) is 15.1 Å². The molecule has 0 spiro atoms. The van der Waals surface area contributed by atoms with Crippen molar-refractivity contribution in [3.05, 3.63) is 47.3 Å². The molecule has 1 aromatic carbocycles. The minimum Gasteiger partial charge on any atom is -0.313 e. The Balaban J connectivity index is 2.26. The Hall–Kier alpha value is -1.61. The number of unbranched alkanes of at least 4 members (excludes halogenated alkanes) is 1. The molecule has 0 atom stereocenters. The number of benzene rings is 1. The van der Waals surface area contributed by atoms with E-state index in [0.717, 1.165) is 37.3 Å². The number of nitrogens with zero attached hydrogens (tertiary/aromatic N) is 2. The molecule has 114 valence electrons. The Kier molecular flexibility index (Phi) is 6.00. The van der Waals surface area contributed by atoms with Crippen molar-refractivity contribution in [2.75, 3.05) is 6.54 Å². The molecule has 0 aliphatic rings. The van der Waals surface area contributed by atoms with E-state index in [0.29, 0.717) is 0 Å². The third kappa shape index (κ3) is 3.94. The Morgan fingerprint density at radius 2 is 1.86 bits per heavy atom. The van der Waals surface area contributed by atoms with Crippen LogP contribution in [-0.2, 0) is 13.0 Å². The highest BCUT2D eigenvalue weighted by Gasteiger charge is 2.15. The smallest absolute Gasteiger partial charge is 0.0649 e. The molecule has 0 saturated carbocycles. The second-order valence-electron chi connectivity index (χ2n) is 5.54. The topological polar surface area (TPSA) is 29.9 Å². The van der Waals surface area contributed by atoms with Gasteiger partial charge in [-0.25, -0.2) is 4.68 Å². The zero-order chi connectivity index (χ0) is 15.1. The van der Waals surface area contributed by atoms with Crippen LogP contribution >= 0.6 is 0 Å². The van der Waals surface area contributed by atoms with E-state index in [9.17, 15) is 0 Å². The number of para-hydroxylation sites is 1. The Bertz CT molecular complexity index is 543. The number of nitrogens with one attached hydrogen (secondary N) is 1. The molecule has 3 nitrogen and oxygen atoms in total. The van der Waals surface area contributed by atoms with Crippen molar-refractivity contribution >= 4 is 0 Å². The van der Waals surface area contributed by atoms with Gasteiger partial charge in [0.15, 0.2) is 0 Å². The van der Waals surface area contributed by atoms with Crippen LogP contribution < -0.4 is 5.32 Å². The van der Waals surface area contributed by atoms with E-state index in [1.54, 1.807) is 0 Å². The van der Waals surface area contributed by atoms with Crippen LogP contribution in [-0.4, -0.2) is 16.3 Å². The predicted molar refractivity (Wildman–Crippen MR) is 88.9 cm³/mol. The first-order chi connectivity index (χ1) is 10.3. The van der Waals surface area contributed by atoms with Gasteiger partial charge in [-0.3, -0.25) is 0 Å². The fourth-order valence-corrected chi connectivity index (χ4v) is 2.63. The summed E-state index contributed by atoms with van der Waals surface area (Å²) < 4.78 is 2.12. The maximum atomic E-state index is 4.78. The Labute approximate surface area is 128 Å². The molecule has 3 heteroatoms. The molecule has 0 radical (unpaired) electrons. The van der Waals surface area contributed by atoms with Gasteiger partial charge in [-0.2, -0.15) is 5.10 Å². The van der Waals surface area contributed by atoms with E-state index in [2.05, 4.69) is 55.0 Å². The van der Waals surface area contributed by atoms with E-state index in [1.165, 1.54) is 24.1 Å². The largest absolute Gasteiger partial charge is 0.313 e. The highest BCUT2D eigenvalue weighted by atomic mass is 15.3. The van der Waals surface area contributed by atoms with Gasteiger partial charge < -0.3 is 5.32 Å². The molecule has 0 fully saturated rings. The monoisotopic (exact) mass is 285 g/mol. The van der Waals surface area contributed by atoms with Gasteiger partial charge in [-0.15, -0.1) is 0 Å². The first kappa shape index (κ1) is 15.8. The van der Waals surface area contributed by atoms with Gasteiger partial charge in [-0.1, -0.05) is 44.9 Å². The zero-order valence-electron chi connectivity index (χ0n) is 13.5. The summed E-state index contributed by atoms with van der Waals surface area (Å²) in [6.45, 7) is 8.58. The number of aryl methyl sites for hydroxylation is 1. The summed E-state index contributed by atoms with van der Waals surface area (Å²) in [6, 6.07) is 10.4. The average Bonchev–Trinajstić information content (AvgIpc) is 2.82. The van der Waals surface area contributed by atoms with Crippen LogP contribution in [0.4, 0.5) is 0 Å². The molecular weight excluding hydrogens is 258 g/mol. The third-order valence-corrected chi connectivity index (χ3v) is 3.79. The first-order valence-electron chi connectivity index (χ1n) is 8.11. The Morgan fingerprint density at radius 1 is 1.10 bits per heavy atom. The van der Waals surface area contributed by atoms with Gasteiger partial charge in [-0.05, 0) is 38.4 Å². The lowest BCUT2D eigenvalue weighted by atomic mass is 10.1. The number of hydrogen-bond acceptors (Lipinski definition) is 2. The van der Waals surface area contributed by atoms with Crippen LogP contribution in [0.2, 0.25) is 0 Å². The van der Waals surface area contributed by atoms with E-state index >= 15 is 0 Å². The van der Waals surface area contributed by atoms with Crippen molar-refractivity contribution in [3.63, 3.8) is 0 Å². The summed E-state index contributed by atoms with van der Waals surface area (Å²) >= 11 is 0. The summed E-state index contributed by atoms with van der Waals surface area (Å²) in [5.41, 5.74) is 5.03. The molecule has 1 aromatic heterocycles.